The van der Waals surface area contributed by atoms with E-state index in [-0.39, 0.29) is 18.0 Å². The average Bonchev–Trinajstić information content (AvgIpc) is 2.78. The summed E-state index contributed by atoms with van der Waals surface area (Å²) in [6.07, 6.45) is 4.84. The summed E-state index contributed by atoms with van der Waals surface area (Å²) >= 11 is 0. The van der Waals surface area contributed by atoms with Crippen molar-refractivity contribution >= 4 is 23.5 Å². The van der Waals surface area contributed by atoms with Crippen molar-refractivity contribution in [1.82, 2.24) is 14.7 Å². The molecule has 3 atom stereocenters. The van der Waals surface area contributed by atoms with Gasteiger partial charge in [0, 0.05) is 19.6 Å². The van der Waals surface area contributed by atoms with Crippen molar-refractivity contribution in [2.45, 2.75) is 58.0 Å². The van der Waals surface area contributed by atoms with Crippen LogP contribution in [0, 0.1) is 5.92 Å². The fourth-order valence-corrected chi connectivity index (χ4v) is 4.14. The van der Waals surface area contributed by atoms with Crippen LogP contribution in [0.2, 0.25) is 0 Å². The first-order valence-electron chi connectivity index (χ1n) is 10.4. The van der Waals surface area contributed by atoms with Gasteiger partial charge in [0.25, 0.3) is 5.91 Å². The van der Waals surface area contributed by atoms with Gasteiger partial charge in [-0.1, -0.05) is 32.4 Å². The Kier molecular flexibility index (Phi) is 6.33. The standard InChI is InChI=1S/C21H33N5O2/c1-6-7-10-25-17-13-15(3)14(2)8-9-16(17)22-18-19(25)23-21(28)26(20(18)27)12-11-24(4)5/h14,16-17H,3,6-13H2,1-2,4-5H3. The lowest BCUT2D eigenvalue weighted by molar-refractivity contribution is -0.121. The number of amides is 3. The molecular formula is C21H33N5O2. The van der Waals surface area contributed by atoms with E-state index < -0.39 is 6.03 Å². The van der Waals surface area contributed by atoms with E-state index in [9.17, 15) is 9.59 Å². The zero-order valence-electron chi connectivity index (χ0n) is 17.6. The number of likely N-dealkylation sites (N-methyl/N-ethyl adjacent to an activating group) is 1. The number of carbonyl (C=O) groups excluding carboxylic acids is 2. The van der Waals surface area contributed by atoms with Crippen molar-refractivity contribution in [1.29, 1.82) is 0 Å². The molecule has 3 rings (SSSR count). The van der Waals surface area contributed by atoms with E-state index >= 15 is 0 Å². The molecule has 0 aromatic carbocycles. The van der Waals surface area contributed by atoms with E-state index in [4.69, 9.17) is 4.99 Å². The Bertz CT molecular complexity index is 712. The van der Waals surface area contributed by atoms with E-state index in [1.807, 2.05) is 19.0 Å². The second kappa shape index (κ2) is 8.55. The molecule has 0 spiro atoms. The molecule has 2 heterocycles. The largest absolute Gasteiger partial charge is 0.352 e. The van der Waals surface area contributed by atoms with Gasteiger partial charge in [0.05, 0.1) is 12.1 Å². The molecule has 1 aliphatic carbocycles. The van der Waals surface area contributed by atoms with Crippen molar-refractivity contribution in [3.63, 3.8) is 0 Å². The van der Waals surface area contributed by atoms with Gasteiger partial charge in [-0.25, -0.2) is 4.79 Å². The first-order chi connectivity index (χ1) is 13.3. The summed E-state index contributed by atoms with van der Waals surface area (Å²) in [5.74, 6) is 0.637. The van der Waals surface area contributed by atoms with Crippen molar-refractivity contribution in [3.8, 4) is 0 Å². The van der Waals surface area contributed by atoms with Crippen LogP contribution in [0.1, 0.15) is 46.0 Å². The summed E-state index contributed by atoms with van der Waals surface area (Å²) in [6.45, 7) is 10.4. The summed E-state index contributed by atoms with van der Waals surface area (Å²) in [6, 6.07) is -0.276. The van der Waals surface area contributed by atoms with Crippen molar-refractivity contribution in [2.24, 2.45) is 15.9 Å². The topological polar surface area (TPSA) is 68.6 Å². The van der Waals surface area contributed by atoms with Crippen LogP contribution in [-0.4, -0.2) is 84.0 Å². The Labute approximate surface area is 168 Å². The van der Waals surface area contributed by atoms with Crippen molar-refractivity contribution in [3.05, 3.63) is 12.2 Å². The van der Waals surface area contributed by atoms with Crippen molar-refractivity contribution < 1.29 is 9.59 Å². The number of hydrogen-bond donors (Lipinski definition) is 0. The third kappa shape index (κ3) is 4.04. The number of urea groups is 1. The smallest absolute Gasteiger partial charge is 0.349 e. The average molecular weight is 388 g/mol. The molecule has 0 aromatic heterocycles. The maximum Gasteiger partial charge on any atom is 0.352 e. The molecule has 0 saturated heterocycles. The van der Waals surface area contributed by atoms with Crippen molar-refractivity contribution in [2.75, 3.05) is 33.7 Å². The highest BCUT2D eigenvalue weighted by Crippen LogP contribution is 2.34. The molecule has 154 valence electrons. The maximum absolute atomic E-state index is 13.1. The molecule has 0 aromatic rings. The fourth-order valence-electron chi connectivity index (χ4n) is 4.14. The normalized spacial score (nSPS) is 28.0. The lowest BCUT2D eigenvalue weighted by Gasteiger charge is -2.43. The van der Waals surface area contributed by atoms with Gasteiger partial charge in [0.15, 0.2) is 11.5 Å². The molecule has 28 heavy (non-hydrogen) atoms. The number of unbranched alkanes of at least 4 members (excludes halogenated alkanes) is 1. The van der Waals surface area contributed by atoms with Crippen LogP contribution in [0.3, 0.4) is 0 Å². The Morgan fingerprint density at radius 2 is 1.96 bits per heavy atom. The molecule has 7 heteroatoms. The third-order valence-corrected chi connectivity index (χ3v) is 6.09. The molecule has 0 radical (unpaired) electrons. The van der Waals surface area contributed by atoms with Crippen LogP contribution in [0.15, 0.2) is 22.1 Å². The lowest BCUT2D eigenvalue weighted by atomic mass is 9.94. The molecule has 0 N–H and O–H groups in total. The number of carbonyl (C=O) groups is 2. The Balaban J connectivity index is 1.96. The first kappa shape index (κ1) is 20.7. The van der Waals surface area contributed by atoms with Crippen LogP contribution in [-0.2, 0) is 4.79 Å². The van der Waals surface area contributed by atoms with Gasteiger partial charge in [0.2, 0.25) is 0 Å². The molecular weight excluding hydrogens is 354 g/mol. The van der Waals surface area contributed by atoms with Gasteiger partial charge in [-0.2, -0.15) is 4.99 Å². The minimum atomic E-state index is -0.471. The zero-order valence-corrected chi connectivity index (χ0v) is 17.6. The fraction of sp³-hybridized carbons (Fsp3) is 0.714. The van der Waals surface area contributed by atoms with Crippen LogP contribution >= 0.6 is 0 Å². The molecule has 1 fully saturated rings. The highest BCUT2D eigenvalue weighted by atomic mass is 16.2. The van der Waals surface area contributed by atoms with Gasteiger partial charge in [0.1, 0.15) is 0 Å². The van der Waals surface area contributed by atoms with E-state index in [1.54, 1.807) is 0 Å². The second-order valence-electron chi connectivity index (χ2n) is 8.48. The molecule has 3 aliphatic rings. The number of fused-ring (bicyclic) bond motifs is 2. The summed E-state index contributed by atoms with van der Waals surface area (Å²) in [5.41, 5.74) is 1.60. The highest BCUT2D eigenvalue weighted by molar-refractivity contribution is 6.69. The van der Waals surface area contributed by atoms with E-state index in [2.05, 4.69) is 30.3 Å². The number of hydrogen-bond acceptors (Lipinski definition) is 5. The van der Waals surface area contributed by atoms with Crippen LogP contribution in [0.4, 0.5) is 4.79 Å². The van der Waals surface area contributed by atoms with Crippen LogP contribution in [0.25, 0.3) is 0 Å². The molecule has 0 bridgehead atoms. The molecule has 1 saturated carbocycles. The second-order valence-corrected chi connectivity index (χ2v) is 8.48. The summed E-state index contributed by atoms with van der Waals surface area (Å²) in [4.78, 5) is 40.3. The van der Waals surface area contributed by atoms with Gasteiger partial charge in [-0.3, -0.25) is 14.7 Å². The highest BCUT2D eigenvalue weighted by Gasteiger charge is 2.45. The van der Waals surface area contributed by atoms with Gasteiger partial charge in [-0.15, -0.1) is 0 Å². The number of nitrogens with zero attached hydrogens (tertiary/aromatic N) is 5. The van der Waals surface area contributed by atoms with E-state index in [0.29, 0.717) is 30.6 Å². The molecule has 2 aliphatic heterocycles. The zero-order chi connectivity index (χ0) is 20.4. The summed E-state index contributed by atoms with van der Waals surface area (Å²) in [5, 5.41) is 0. The number of imide groups is 1. The Hall–Kier alpha value is -2.02. The monoisotopic (exact) mass is 387 g/mol. The van der Waals surface area contributed by atoms with Gasteiger partial charge >= 0.3 is 6.03 Å². The van der Waals surface area contributed by atoms with Gasteiger partial charge in [-0.05, 0) is 45.7 Å². The molecule has 7 nitrogen and oxygen atoms in total. The molecule has 3 amide bonds. The van der Waals surface area contributed by atoms with Crippen LogP contribution < -0.4 is 0 Å². The number of rotatable bonds is 6. The number of amidine groups is 1. The van der Waals surface area contributed by atoms with Crippen LogP contribution in [0.5, 0.6) is 0 Å². The number of aliphatic imine (C=N–C) groups is 2. The minimum Gasteiger partial charge on any atom is -0.349 e. The quantitative estimate of drug-likeness (QED) is 0.657. The SMILES string of the molecule is C=C1CC2C(CCC1C)N=C1C(=O)N(CCN(C)C)C(=O)N=C1N2CCCC. The molecule has 3 unspecified atom stereocenters. The Morgan fingerprint density at radius 1 is 1.21 bits per heavy atom. The maximum atomic E-state index is 13.1. The van der Waals surface area contributed by atoms with E-state index in [0.717, 1.165) is 38.6 Å². The predicted molar refractivity (Wildman–Crippen MR) is 112 cm³/mol. The summed E-state index contributed by atoms with van der Waals surface area (Å²) < 4.78 is 0. The minimum absolute atomic E-state index is 0.0559. The lowest BCUT2D eigenvalue weighted by Crippen LogP contribution is -2.60. The third-order valence-electron chi connectivity index (χ3n) is 6.09. The predicted octanol–water partition coefficient (Wildman–Crippen LogP) is 2.58. The van der Waals surface area contributed by atoms with Gasteiger partial charge < -0.3 is 9.80 Å². The summed E-state index contributed by atoms with van der Waals surface area (Å²) in [7, 11) is 3.84. The van der Waals surface area contributed by atoms with E-state index in [1.165, 1.54) is 10.5 Å². The Morgan fingerprint density at radius 3 is 2.64 bits per heavy atom. The first-order valence-corrected chi connectivity index (χ1v) is 10.4.